The summed E-state index contributed by atoms with van der Waals surface area (Å²) in [7, 11) is 0. The van der Waals surface area contributed by atoms with E-state index in [9.17, 15) is 0 Å². The van der Waals surface area contributed by atoms with Crippen molar-refractivity contribution in [2.75, 3.05) is 6.26 Å². The van der Waals surface area contributed by atoms with Gasteiger partial charge in [0.25, 0.3) is 0 Å². The number of nitrogens with zero attached hydrogens (tertiary/aromatic N) is 2. The lowest BCUT2D eigenvalue weighted by atomic mass is 10.3. The molecule has 0 saturated heterocycles. The number of thioether (sulfide) groups is 1. The monoisotopic (exact) mass is 289 g/mol. The van der Waals surface area contributed by atoms with Gasteiger partial charge in [-0.1, -0.05) is 13.8 Å². The molecule has 0 atom stereocenters. The van der Waals surface area contributed by atoms with Crippen LogP contribution < -0.4 is 10.1 Å². The maximum atomic E-state index is 5.71. The van der Waals surface area contributed by atoms with Crippen LogP contribution in [0.4, 0.5) is 0 Å². The van der Waals surface area contributed by atoms with Crippen molar-refractivity contribution >= 4 is 11.8 Å². The van der Waals surface area contributed by atoms with Gasteiger partial charge in [0.1, 0.15) is 5.75 Å². The van der Waals surface area contributed by atoms with Crippen LogP contribution in [0.2, 0.25) is 0 Å². The zero-order chi connectivity index (χ0) is 14.4. The molecule has 0 saturated carbocycles. The molecule has 0 aliphatic carbocycles. The first-order chi connectivity index (χ1) is 9.67. The fourth-order valence-corrected chi connectivity index (χ4v) is 2.00. The first kappa shape index (κ1) is 14.8. The Hall–Kier alpha value is -1.59. The molecule has 0 amide bonds. The lowest BCUT2D eigenvalue weighted by Gasteiger charge is -2.09. The van der Waals surface area contributed by atoms with Crippen LogP contribution in [0.15, 0.2) is 41.6 Å². The summed E-state index contributed by atoms with van der Waals surface area (Å²) in [5.41, 5.74) is 0.872. The summed E-state index contributed by atoms with van der Waals surface area (Å²) >= 11 is 1.70. The molecule has 0 aliphatic heterocycles. The van der Waals surface area contributed by atoms with Gasteiger partial charge < -0.3 is 10.1 Å². The molecule has 0 spiro atoms. The average molecular weight is 289 g/mol. The summed E-state index contributed by atoms with van der Waals surface area (Å²) in [4.78, 5) is 9.80. The minimum atomic E-state index is 0.417. The number of hydrogen-bond donors (Lipinski definition) is 1. The van der Waals surface area contributed by atoms with E-state index in [1.165, 1.54) is 4.90 Å². The van der Waals surface area contributed by atoms with Crippen LogP contribution in [-0.4, -0.2) is 22.3 Å². The quantitative estimate of drug-likeness (QED) is 0.825. The number of hydrogen-bond acceptors (Lipinski definition) is 5. The molecule has 20 heavy (non-hydrogen) atoms. The molecule has 1 heterocycles. The minimum absolute atomic E-state index is 0.417. The molecule has 2 rings (SSSR count). The summed E-state index contributed by atoms with van der Waals surface area (Å²) in [5, 5.41) is 3.31. The molecule has 1 N–H and O–H groups in total. The third-order valence-corrected chi connectivity index (χ3v) is 3.38. The zero-order valence-electron chi connectivity index (χ0n) is 12.0. The largest absolute Gasteiger partial charge is 0.437 e. The van der Waals surface area contributed by atoms with Crippen molar-refractivity contribution in [1.29, 1.82) is 0 Å². The van der Waals surface area contributed by atoms with E-state index in [0.29, 0.717) is 18.5 Å². The van der Waals surface area contributed by atoms with E-state index in [1.807, 2.05) is 30.5 Å². The Labute approximate surface area is 124 Å². The topological polar surface area (TPSA) is 47.0 Å². The zero-order valence-corrected chi connectivity index (χ0v) is 12.8. The van der Waals surface area contributed by atoms with Gasteiger partial charge in [0, 0.05) is 23.7 Å². The standard InChI is InChI=1S/C15H19N3OS/c1-11(2)17-9-12-8-16-10-15(18-12)19-13-4-6-14(20-3)7-5-13/h4-8,10-11,17H,9H2,1-3H3. The smallest absolute Gasteiger partial charge is 0.238 e. The highest BCUT2D eigenvalue weighted by Crippen LogP contribution is 2.22. The predicted molar refractivity (Wildman–Crippen MR) is 82.3 cm³/mol. The van der Waals surface area contributed by atoms with Crippen molar-refractivity contribution in [1.82, 2.24) is 15.3 Å². The van der Waals surface area contributed by atoms with Crippen molar-refractivity contribution in [3.8, 4) is 11.6 Å². The highest BCUT2D eigenvalue weighted by molar-refractivity contribution is 7.98. The number of aromatic nitrogens is 2. The summed E-state index contributed by atoms with van der Waals surface area (Å²) < 4.78 is 5.71. The highest BCUT2D eigenvalue weighted by atomic mass is 32.2. The lowest BCUT2D eigenvalue weighted by Crippen LogP contribution is -2.22. The van der Waals surface area contributed by atoms with E-state index < -0.39 is 0 Å². The van der Waals surface area contributed by atoms with E-state index in [-0.39, 0.29) is 0 Å². The maximum Gasteiger partial charge on any atom is 0.238 e. The van der Waals surface area contributed by atoms with Crippen LogP contribution in [0.5, 0.6) is 11.6 Å². The normalized spacial score (nSPS) is 10.8. The van der Waals surface area contributed by atoms with E-state index in [2.05, 4.69) is 29.1 Å². The Morgan fingerprint density at radius 2 is 1.95 bits per heavy atom. The van der Waals surface area contributed by atoms with Crippen molar-refractivity contribution in [2.45, 2.75) is 31.3 Å². The lowest BCUT2D eigenvalue weighted by molar-refractivity contribution is 0.454. The number of benzene rings is 1. The predicted octanol–water partition coefficient (Wildman–Crippen LogP) is 3.49. The molecule has 4 nitrogen and oxygen atoms in total. The first-order valence-electron chi connectivity index (χ1n) is 6.53. The number of ether oxygens (including phenoxy) is 1. The fourth-order valence-electron chi connectivity index (χ4n) is 1.59. The van der Waals surface area contributed by atoms with Crippen molar-refractivity contribution in [3.63, 3.8) is 0 Å². The van der Waals surface area contributed by atoms with Gasteiger partial charge in [0.2, 0.25) is 5.88 Å². The van der Waals surface area contributed by atoms with E-state index in [1.54, 1.807) is 24.2 Å². The van der Waals surface area contributed by atoms with Gasteiger partial charge in [-0.3, -0.25) is 4.98 Å². The summed E-state index contributed by atoms with van der Waals surface area (Å²) in [6.45, 7) is 4.88. The van der Waals surface area contributed by atoms with Crippen molar-refractivity contribution in [2.24, 2.45) is 0 Å². The van der Waals surface area contributed by atoms with Crippen LogP contribution in [0.25, 0.3) is 0 Å². The molecular weight excluding hydrogens is 270 g/mol. The van der Waals surface area contributed by atoms with E-state index >= 15 is 0 Å². The molecule has 5 heteroatoms. The van der Waals surface area contributed by atoms with Gasteiger partial charge in [0.05, 0.1) is 11.9 Å². The Bertz CT molecular complexity index is 543. The van der Waals surface area contributed by atoms with E-state index in [0.717, 1.165) is 11.4 Å². The molecule has 0 unspecified atom stereocenters. The molecule has 1 aromatic heterocycles. The SMILES string of the molecule is CSc1ccc(Oc2cncc(CNC(C)C)n2)cc1. The molecule has 2 aromatic rings. The molecular formula is C15H19N3OS. The number of rotatable bonds is 6. The first-order valence-corrected chi connectivity index (χ1v) is 7.76. The van der Waals surface area contributed by atoms with Crippen LogP contribution in [0, 0.1) is 0 Å². The van der Waals surface area contributed by atoms with Gasteiger partial charge in [-0.2, -0.15) is 0 Å². The minimum Gasteiger partial charge on any atom is -0.437 e. The molecule has 0 radical (unpaired) electrons. The second kappa shape index (κ2) is 7.26. The third-order valence-electron chi connectivity index (χ3n) is 2.64. The Balaban J connectivity index is 2.02. The number of nitrogens with one attached hydrogen (secondary N) is 1. The van der Waals surface area contributed by atoms with Crippen LogP contribution >= 0.6 is 11.8 Å². The maximum absolute atomic E-state index is 5.71. The molecule has 0 fully saturated rings. The Morgan fingerprint density at radius 3 is 2.60 bits per heavy atom. The highest BCUT2D eigenvalue weighted by Gasteiger charge is 2.03. The average Bonchev–Trinajstić information content (AvgIpc) is 2.46. The Morgan fingerprint density at radius 1 is 1.20 bits per heavy atom. The summed E-state index contributed by atoms with van der Waals surface area (Å²) in [5.74, 6) is 1.29. The van der Waals surface area contributed by atoms with Crippen molar-refractivity contribution < 1.29 is 4.74 Å². The van der Waals surface area contributed by atoms with Crippen LogP contribution in [0.3, 0.4) is 0 Å². The van der Waals surface area contributed by atoms with Gasteiger partial charge in [-0.05, 0) is 30.5 Å². The summed E-state index contributed by atoms with van der Waals surface area (Å²) in [6, 6.07) is 8.34. The van der Waals surface area contributed by atoms with Gasteiger partial charge in [0.15, 0.2) is 0 Å². The van der Waals surface area contributed by atoms with Crippen molar-refractivity contribution in [3.05, 3.63) is 42.4 Å². The molecule has 1 aromatic carbocycles. The second-order valence-corrected chi connectivity index (χ2v) is 5.54. The third kappa shape index (κ3) is 4.51. The molecule has 0 bridgehead atoms. The Kier molecular flexibility index (Phi) is 5.38. The van der Waals surface area contributed by atoms with Gasteiger partial charge >= 0.3 is 0 Å². The van der Waals surface area contributed by atoms with Gasteiger partial charge in [-0.15, -0.1) is 11.8 Å². The summed E-state index contributed by atoms with van der Waals surface area (Å²) in [6.07, 6.45) is 5.42. The second-order valence-electron chi connectivity index (χ2n) is 4.66. The fraction of sp³-hybridized carbons (Fsp3) is 0.333. The van der Waals surface area contributed by atoms with E-state index in [4.69, 9.17) is 4.74 Å². The molecule has 106 valence electrons. The van der Waals surface area contributed by atoms with Crippen LogP contribution in [-0.2, 0) is 6.54 Å². The molecule has 0 aliphatic rings. The van der Waals surface area contributed by atoms with Crippen LogP contribution in [0.1, 0.15) is 19.5 Å². The van der Waals surface area contributed by atoms with Gasteiger partial charge in [-0.25, -0.2) is 4.98 Å².